The van der Waals surface area contributed by atoms with Crippen molar-refractivity contribution in [3.05, 3.63) is 0 Å². The molecule has 10 heteroatoms. The molecule has 0 radical (unpaired) electrons. The van der Waals surface area contributed by atoms with Crippen LogP contribution in [-0.2, 0) is 18.4 Å². The van der Waals surface area contributed by atoms with Gasteiger partial charge in [-0.05, 0) is 12.8 Å². The van der Waals surface area contributed by atoms with E-state index in [1.807, 2.05) is 0 Å². The van der Waals surface area contributed by atoms with Gasteiger partial charge in [0.15, 0.2) is 0 Å². The Kier molecular flexibility index (Phi) is 40.2. The molecular weight excluding hydrogens is 699 g/mol. The maximum absolute atomic E-state index is 12.8. The van der Waals surface area contributed by atoms with Gasteiger partial charge in [-0.15, -0.1) is 0 Å². The Morgan fingerprint density at radius 2 is 0.889 bits per heavy atom. The molecule has 0 saturated carbocycles. The van der Waals surface area contributed by atoms with Crippen molar-refractivity contribution < 1.29 is 33.5 Å². The molecule has 0 heterocycles. The first-order valence-electron chi connectivity index (χ1n) is 23.2. The number of aliphatic hydroxyl groups is 2. The summed E-state index contributed by atoms with van der Waals surface area (Å²) in [4.78, 5) is 22.8. The Hall–Kier alpha value is -0.540. The lowest BCUT2D eigenvalue weighted by Crippen LogP contribution is -2.47. The van der Waals surface area contributed by atoms with Gasteiger partial charge >= 0.3 is 7.82 Å². The summed E-state index contributed by atoms with van der Waals surface area (Å²) in [5.74, 6) is -0.408. The first-order chi connectivity index (χ1) is 26.3. The Morgan fingerprint density at radius 1 is 0.556 bits per heavy atom. The highest BCUT2D eigenvalue weighted by Crippen LogP contribution is 2.43. The topological polar surface area (TPSA) is 151 Å². The van der Waals surface area contributed by atoms with Crippen LogP contribution in [0.4, 0.5) is 0 Å². The number of carbonyl (C=O) groups excluding carboxylic acids is 1. The van der Waals surface area contributed by atoms with Gasteiger partial charge in [-0.25, -0.2) is 4.57 Å². The van der Waals surface area contributed by atoms with Crippen molar-refractivity contribution in [1.82, 2.24) is 5.32 Å². The Labute approximate surface area is 334 Å². The van der Waals surface area contributed by atoms with Crippen LogP contribution in [0.25, 0.3) is 0 Å². The fourth-order valence-electron chi connectivity index (χ4n) is 7.24. The number of hydrogen-bond donors (Lipinski definition) is 5. The summed E-state index contributed by atoms with van der Waals surface area (Å²) >= 11 is 0. The van der Waals surface area contributed by atoms with Crippen LogP contribution in [0.2, 0.25) is 0 Å². The minimum atomic E-state index is -4.37. The third-order valence-corrected chi connectivity index (χ3v) is 11.7. The third kappa shape index (κ3) is 38.3. The molecule has 4 atom stereocenters. The number of nitrogens with two attached hydrogens (primary N) is 1. The molecule has 0 aliphatic carbocycles. The van der Waals surface area contributed by atoms with Crippen molar-refractivity contribution >= 4 is 13.7 Å². The van der Waals surface area contributed by atoms with E-state index in [4.69, 9.17) is 14.8 Å². The molecule has 0 aromatic heterocycles. The molecule has 54 heavy (non-hydrogen) atoms. The number of nitrogens with one attached hydrogen (secondary N) is 1. The van der Waals surface area contributed by atoms with Gasteiger partial charge < -0.3 is 26.2 Å². The van der Waals surface area contributed by atoms with Crippen LogP contribution in [0.5, 0.6) is 0 Å². The molecule has 4 unspecified atom stereocenters. The number of carbonyl (C=O) groups is 1. The van der Waals surface area contributed by atoms with E-state index in [-0.39, 0.29) is 26.2 Å². The normalized spacial score (nSPS) is 14.6. The zero-order valence-corrected chi connectivity index (χ0v) is 36.5. The van der Waals surface area contributed by atoms with E-state index in [0.29, 0.717) is 12.8 Å². The molecule has 0 aromatic carbocycles. The molecule has 6 N–H and O–H groups in total. The lowest BCUT2D eigenvalue weighted by atomic mass is 10.0. The zero-order chi connectivity index (χ0) is 39.8. The Balaban J connectivity index is 4.20. The third-order valence-electron chi connectivity index (χ3n) is 10.8. The summed E-state index contributed by atoms with van der Waals surface area (Å²) in [6, 6.07) is -0.890. The second kappa shape index (κ2) is 40.6. The van der Waals surface area contributed by atoms with Crippen molar-refractivity contribution in [2.45, 2.75) is 257 Å². The fourth-order valence-corrected chi connectivity index (χ4v) is 8.00. The molecule has 0 spiro atoms. The summed E-state index contributed by atoms with van der Waals surface area (Å²) in [6.07, 6.45) is 40.0. The van der Waals surface area contributed by atoms with E-state index < -0.39 is 32.0 Å². The molecule has 0 aliphatic heterocycles. The smallest absolute Gasteiger partial charge is 0.393 e. The monoisotopic (exact) mass is 791 g/mol. The first kappa shape index (κ1) is 53.5. The average molecular weight is 791 g/mol. The maximum atomic E-state index is 12.8. The van der Waals surface area contributed by atoms with E-state index in [0.717, 1.165) is 38.5 Å². The van der Waals surface area contributed by atoms with Crippen LogP contribution in [0.15, 0.2) is 0 Å². The SMILES string of the molecule is CCCCCCCCCCCCCCCCCCCCC(O)C(COP(=O)(O)OCCN)NC(=O)CC(O)CCCCCCCCCCCCCCCC. The van der Waals surface area contributed by atoms with Crippen LogP contribution < -0.4 is 11.1 Å². The summed E-state index contributed by atoms with van der Waals surface area (Å²) in [6.45, 7) is 4.08. The predicted molar refractivity (Wildman–Crippen MR) is 228 cm³/mol. The minimum Gasteiger partial charge on any atom is -0.393 e. The predicted octanol–water partition coefficient (Wildman–Crippen LogP) is 12.0. The van der Waals surface area contributed by atoms with Crippen LogP contribution >= 0.6 is 7.82 Å². The molecule has 0 aliphatic rings. The fraction of sp³-hybridized carbons (Fsp3) is 0.977. The molecule has 1 amide bonds. The number of phosphoric acid groups is 1. The van der Waals surface area contributed by atoms with Crippen LogP contribution in [0.3, 0.4) is 0 Å². The molecule has 9 nitrogen and oxygen atoms in total. The standard InChI is InChI=1S/C44H91N2O7P/c1-3-5-7-9-11-13-15-17-19-20-21-22-24-26-28-30-32-34-36-43(48)42(40-53-54(50,51)52-38-37-45)46-44(49)39-41(47)35-33-31-29-27-25-23-18-16-14-12-10-8-6-4-2/h41-43,47-48H,3-40,45H2,1-2H3,(H,46,49)(H,50,51). The maximum Gasteiger partial charge on any atom is 0.472 e. The highest BCUT2D eigenvalue weighted by Gasteiger charge is 2.28. The summed E-state index contributed by atoms with van der Waals surface area (Å²) in [7, 11) is -4.37. The largest absolute Gasteiger partial charge is 0.472 e. The number of phosphoric ester groups is 1. The van der Waals surface area contributed by atoms with E-state index in [1.54, 1.807) is 0 Å². The van der Waals surface area contributed by atoms with Gasteiger partial charge in [0.1, 0.15) is 0 Å². The highest BCUT2D eigenvalue weighted by molar-refractivity contribution is 7.47. The second-order valence-electron chi connectivity index (χ2n) is 16.2. The number of rotatable bonds is 44. The molecule has 0 fully saturated rings. The Bertz CT molecular complexity index is 837. The van der Waals surface area contributed by atoms with Gasteiger partial charge in [-0.1, -0.05) is 219 Å². The van der Waals surface area contributed by atoms with E-state index in [2.05, 4.69) is 19.2 Å². The molecular formula is C44H91N2O7P. The van der Waals surface area contributed by atoms with Crippen LogP contribution in [0.1, 0.15) is 239 Å². The van der Waals surface area contributed by atoms with Crippen LogP contribution in [0, 0.1) is 0 Å². The Morgan fingerprint density at radius 3 is 1.24 bits per heavy atom. The zero-order valence-electron chi connectivity index (χ0n) is 35.6. The minimum absolute atomic E-state index is 0.0628. The van der Waals surface area contributed by atoms with Gasteiger partial charge in [0.05, 0.1) is 37.9 Å². The van der Waals surface area contributed by atoms with Gasteiger partial charge in [-0.2, -0.15) is 0 Å². The average Bonchev–Trinajstić information content (AvgIpc) is 3.15. The van der Waals surface area contributed by atoms with Crippen molar-refractivity contribution in [2.24, 2.45) is 5.73 Å². The number of unbranched alkanes of at least 4 members (excludes halogenated alkanes) is 30. The van der Waals surface area contributed by atoms with Gasteiger partial charge in [0, 0.05) is 6.54 Å². The van der Waals surface area contributed by atoms with Crippen LogP contribution in [-0.4, -0.2) is 59.0 Å². The van der Waals surface area contributed by atoms with E-state index >= 15 is 0 Å². The molecule has 0 aromatic rings. The summed E-state index contributed by atoms with van der Waals surface area (Å²) in [5.41, 5.74) is 5.38. The number of amides is 1. The number of aliphatic hydroxyl groups excluding tert-OH is 2. The quantitative estimate of drug-likeness (QED) is 0.0302. The summed E-state index contributed by atoms with van der Waals surface area (Å²) < 4.78 is 22.2. The van der Waals surface area contributed by atoms with Crippen molar-refractivity contribution in [3.63, 3.8) is 0 Å². The lowest BCUT2D eigenvalue weighted by molar-refractivity contribution is -0.125. The molecule has 0 rings (SSSR count). The number of hydrogen-bond acceptors (Lipinski definition) is 7. The lowest BCUT2D eigenvalue weighted by Gasteiger charge is -2.25. The second-order valence-corrected chi connectivity index (χ2v) is 17.6. The highest BCUT2D eigenvalue weighted by atomic mass is 31.2. The molecule has 0 saturated heterocycles. The van der Waals surface area contributed by atoms with E-state index in [9.17, 15) is 24.5 Å². The van der Waals surface area contributed by atoms with Gasteiger partial charge in [0.2, 0.25) is 5.91 Å². The summed E-state index contributed by atoms with van der Waals surface area (Å²) in [5, 5.41) is 24.2. The first-order valence-corrected chi connectivity index (χ1v) is 24.7. The van der Waals surface area contributed by atoms with Gasteiger partial charge in [-0.3, -0.25) is 13.8 Å². The van der Waals surface area contributed by atoms with E-state index in [1.165, 1.54) is 167 Å². The van der Waals surface area contributed by atoms with Crippen molar-refractivity contribution in [3.8, 4) is 0 Å². The molecule has 0 bridgehead atoms. The van der Waals surface area contributed by atoms with Gasteiger partial charge in [0.25, 0.3) is 0 Å². The van der Waals surface area contributed by atoms with Crippen molar-refractivity contribution in [2.75, 3.05) is 19.8 Å². The van der Waals surface area contributed by atoms with Crippen molar-refractivity contribution in [1.29, 1.82) is 0 Å². The molecule has 324 valence electrons.